The summed E-state index contributed by atoms with van der Waals surface area (Å²) in [5.74, 6) is 0. The lowest BCUT2D eigenvalue weighted by Gasteiger charge is -2.14. The third-order valence-electron chi connectivity index (χ3n) is 4.51. The van der Waals surface area contributed by atoms with Crippen LogP contribution in [-0.2, 0) is 6.61 Å². The van der Waals surface area contributed by atoms with E-state index in [-0.39, 0.29) is 34.6 Å². The smallest absolute Gasteiger partial charge is 0.357 e. The van der Waals surface area contributed by atoms with Gasteiger partial charge in [0.1, 0.15) is 6.61 Å². The summed E-state index contributed by atoms with van der Waals surface area (Å²) in [7, 11) is 0. The highest BCUT2D eigenvalue weighted by Crippen LogP contribution is 2.21. The van der Waals surface area contributed by atoms with Gasteiger partial charge >= 0.3 is 5.56 Å². The Morgan fingerprint density at radius 1 is 1.03 bits per heavy atom. The Labute approximate surface area is 174 Å². The van der Waals surface area contributed by atoms with Gasteiger partial charge in [-0.2, -0.15) is 4.73 Å². The fourth-order valence-electron chi connectivity index (χ4n) is 3.08. The predicted octanol–water partition coefficient (Wildman–Crippen LogP) is 3.49. The van der Waals surface area contributed by atoms with Crippen LogP contribution in [0.2, 0.25) is 5.02 Å². The van der Waals surface area contributed by atoms with Crippen molar-refractivity contribution in [1.82, 2.24) is 4.73 Å². The number of benzene rings is 3. The molecule has 0 fully saturated rings. The van der Waals surface area contributed by atoms with Crippen LogP contribution in [0.5, 0.6) is 0 Å². The first kappa shape index (κ1) is 19.4. The van der Waals surface area contributed by atoms with Gasteiger partial charge in [-0.05, 0) is 29.8 Å². The molecule has 0 aliphatic heterocycles. The fraction of sp³-hybridized carbons (Fsp3) is 0.0476. The van der Waals surface area contributed by atoms with Crippen molar-refractivity contribution in [2.24, 2.45) is 0 Å². The number of nitrogens with zero attached hydrogens (tertiary/aromatic N) is 3. The lowest BCUT2D eigenvalue weighted by Crippen LogP contribution is -2.42. The molecule has 1 aromatic heterocycles. The van der Waals surface area contributed by atoms with Crippen molar-refractivity contribution in [3.8, 4) is 11.3 Å². The SMILES string of the molecule is O=c1c(-c2cccc([N+](=O)[O-])c2)[n+]([O-])c2ccccc2n1OCc1ccc(Cl)cc1. The van der Waals surface area contributed by atoms with Crippen molar-refractivity contribution in [2.45, 2.75) is 6.61 Å². The molecule has 0 bridgehead atoms. The van der Waals surface area contributed by atoms with E-state index in [0.29, 0.717) is 9.75 Å². The summed E-state index contributed by atoms with van der Waals surface area (Å²) >= 11 is 5.89. The van der Waals surface area contributed by atoms with E-state index in [9.17, 15) is 20.1 Å². The van der Waals surface area contributed by atoms with E-state index in [0.717, 1.165) is 10.3 Å². The zero-order valence-electron chi connectivity index (χ0n) is 15.4. The first-order chi connectivity index (χ1) is 14.5. The van der Waals surface area contributed by atoms with Crippen molar-refractivity contribution in [3.63, 3.8) is 0 Å². The standard InChI is InChI=1S/C21H14ClN3O5/c22-16-10-8-14(9-11-16)13-30-24-19-7-2-1-6-18(19)23(27)20(21(24)26)15-4-3-5-17(12-15)25(28)29/h1-12H,13H2. The topological polar surface area (TPSA) is 101 Å². The highest BCUT2D eigenvalue weighted by atomic mass is 35.5. The number of nitro benzene ring substituents is 1. The molecule has 4 aromatic rings. The van der Waals surface area contributed by atoms with Crippen molar-refractivity contribution >= 4 is 28.3 Å². The van der Waals surface area contributed by atoms with Crippen LogP contribution < -0.4 is 15.1 Å². The number of halogens is 1. The largest absolute Gasteiger partial charge is 0.618 e. The zero-order chi connectivity index (χ0) is 21.3. The van der Waals surface area contributed by atoms with E-state index in [4.69, 9.17) is 16.4 Å². The maximum absolute atomic E-state index is 13.2. The van der Waals surface area contributed by atoms with Gasteiger partial charge < -0.3 is 10.0 Å². The Hall–Kier alpha value is -3.91. The molecule has 4 rings (SSSR count). The van der Waals surface area contributed by atoms with Gasteiger partial charge in [0.05, 0.1) is 10.5 Å². The average Bonchev–Trinajstić information content (AvgIpc) is 2.75. The third kappa shape index (κ3) is 3.56. The van der Waals surface area contributed by atoms with Gasteiger partial charge in [0.2, 0.25) is 5.52 Å². The van der Waals surface area contributed by atoms with Gasteiger partial charge in [-0.3, -0.25) is 14.9 Å². The van der Waals surface area contributed by atoms with E-state index in [1.807, 2.05) is 0 Å². The molecule has 150 valence electrons. The molecule has 0 radical (unpaired) electrons. The molecule has 0 unspecified atom stereocenters. The number of aromatic nitrogens is 2. The first-order valence-corrected chi connectivity index (χ1v) is 9.23. The van der Waals surface area contributed by atoms with Crippen LogP contribution in [0, 0.1) is 15.3 Å². The monoisotopic (exact) mass is 423 g/mol. The second-order valence-electron chi connectivity index (χ2n) is 6.44. The quantitative estimate of drug-likeness (QED) is 0.211. The van der Waals surface area contributed by atoms with Gasteiger partial charge in [0, 0.05) is 23.2 Å². The minimum absolute atomic E-state index is 0.0539. The summed E-state index contributed by atoms with van der Waals surface area (Å²) in [5, 5.41) is 24.6. The first-order valence-electron chi connectivity index (χ1n) is 8.85. The van der Waals surface area contributed by atoms with Gasteiger partial charge in [0.25, 0.3) is 11.4 Å². The fourth-order valence-corrected chi connectivity index (χ4v) is 3.20. The summed E-state index contributed by atoms with van der Waals surface area (Å²) in [6.07, 6.45) is 0. The summed E-state index contributed by atoms with van der Waals surface area (Å²) in [4.78, 5) is 29.5. The highest BCUT2D eigenvalue weighted by molar-refractivity contribution is 6.30. The van der Waals surface area contributed by atoms with Crippen molar-refractivity contribution < 1.29 is 14.5 Å². The third-order valence-corrected chi connectivity index (χ3v) is 4.77. The maximum atomic E-state index is 13.2. The van der Waals surface area contributed by atoms with E-state index in [1.165, 1.54) is 24.3 Å². The summed E-state index contributed by atoms with van der Waals surface area (Å²) < 4.78 is 1.51. The highest BCUT2D eigenvalue weighted by Gasteiger charge is 2.24. The Morgan fingerprint density at radius 3 is 2.50 bits per heavy atom. The summed E-state index contributed by atoms with van der Waals surface area (Å²) in [6, 6.07) is 18.7. The normalized spacial score (nSPS) is 10.8. The van der Waals surface area contributed by atoms with Crippen LogP contribution in [0.3, 0.4) is 0 Å². The minimum Gasteiger partial charge on any atom is -0.618 e. The van der Waals surface area contributed by atoms with Crippen LogP contribution in [0.25, 0.3) is 22.3 Å². The molecule has 0 saturated heterocycles. The number of hydrogen-bond acceptors (Lipinski definition) is 5. The second-order valence-corrected chi connectivity index (χ2v) is 6.88. The van der Waals surface area contributed by atoms with Crippen LogP contribution >= 0.6 is 11.6 Å². The Bertz CT molecular complexity index is 1320. The lowest BCUT2D eigenvalue weighted by atomic mass is 10.1. The molecule has 1 heterocycles. The lowest BCUT2D eigenvalue weighted by molar-refractivity contribution is -0.566. The molecule has 3 aromatic carbocycles. The van der Waals surface area contributed by atoms with Crippen LogP contribution in [0.15, 0.2) is 77.6 Å². The molecular formula is C21H14ClN3O5. The van der Waals surface area contributed by atoms with E-state index < -0.39 is 10.5 Å². The van der Waals surface area contributed by atoms with Gasteiger partial charge in [-0.25, -0.2) is 0 Å². The Balaban J connectivity index is 1.87. The molecule has 0 aliphatic rings. The molecule has 9 heteroatoms. The van der Waals surface area contributed by atoms with Crippen LogP contribution in [0.1, 0.15) is 5.56 Å². The second kappa shape index (κ2) is 7.84. The van der Waals surface area contributed by atoms with Gasteiger partial charge in [0.15, 0.2) is 5.52 Å². The molecular weight excluding hydrogens is 410 g/mol. The van der Waals surface area contributed by atoms with E-state index >= 15 is 0 Å². The molecule has 0 spiro atoms. The van der Waals surface area contributed by atoms with Crippen molar-refractivity contribution in [3.05, 3.63) is 109 Å². The number of hydrogen-bond donors (Lipinski definition) is 0. The number of nitro groups is 1. The Morgan fingerprint density at radius 2 is 1.77 bits per heavy atom. The number of non-ortho nitro benzene ring substituents is 1. The molecule has 0 saturated carbocycles. The zero-order valence-corrected chi connectivity index (χ0v) is 16.2. The van der Waals surface area contributed by atoms with E-state index in [2.05, 4.69) is 0 Å². The molecule has 30 heavy (non-hydrogen) atoms. The minimum atomic E-state index is -0.724. The van der Waals surface area contributed by atoms with Crippen molar-refractivity contribution in [2.75, 3.05) is 0 Å². The molecule has 0 aliphatic carbocycles. The molecule has 8 nitrogen and oxygen atoms in total. The van der Waals surface area contributed by atoms with Crippen LogP contribution in [-0.4, -0.2) is 9.65 Å². The van der Waals surface area contributed by atoms with E-state index in [1.54, 1.807) is 48.5 Å². The number of para-hydroxylation sites is 2. The van der Waals surface area contributed by atoms with Gasteiger partial charge in [-0.1, -0.05) is 41.9 Å². The summed E-state index contributed by atoms with van der Waals surface area (Å²) in [5.41, 5.74) is 0.139. The van der Waals surface area contributed by atoms with Crippen molar-refractivity contribution in [1.29, 1.82) is 0 Å². The molecule has 0 amide bonds. The predicted molar refractivity (Wildman–Crippen MR) is 111 cm³/mol. The molecule has 0 N–H and O–H groups in total. The van der Waals surface area contributed by atoms with Gasteiger partial charge in [-0.15, -0.1) is 4.73 Å². The summed E-state index contributed by atoms with van der Waals surface area (Å²) in [6.45, 7) is 0.0539. The number of fused-ring (bicyclic) bond motifs is 1. The van der Waals surface area contributed by atoms with Crippen LogP contribution in [0.4, 0.5) is 5.69 Å². The molecule has 0 atom stereocenters. The Kier molecular flexibility index (Phi) is 5.07. The number of rotatable bonds is 5. The average molecular weight is 424 g/mol. The maximum Gasteiger partial charge on any atom is 0.357 e.